The molecule has 0 saturated carbocycles. The molecule has 7 nitrogen and oxygen atoms in total. The Morgan fingerprint density at radius 1 is 1.09 bits per heavy atom. The van der Waals surface area contributed by atoms with Crippen molar-refractivity contribution in [3.8, 4) is 11.4 Å². The van der Waals surface area contributed by atoms with E-state index in [1.807, 2.05) is 35.2 Å². The third kappa shape index (κ3) is 4.01. The van der Waals surface area contributed by atoms with Crippen molar-refractivity contribution < 1.29 is 9.32 Å². The quantitative estimate of drug-likeness (QED) is 0.498. The standard InChI is InChI=1S/C24H24ClN5O2/c1-15-16(2)26-21-8-5-18(13-20(15)21)24(31)30-11-9-29(10-12-30)14-22-27-23(28-32-22)17-3-6-19(25)7-4-17/h3-8,13,26H,9-12,14H2,1-2H3. The van der Waals surface area contributed by atoms with Crippen molar-refractivity contribution in [2.75, 3.05) is 26.2 Å². The summed E-state index contributed by atoms with van der Waals surface area (Å²) in [5, 5.41) is 5.86. The first-order valence-electron chi connectivity index (χ1n) is 10.7. The first-order chi connectivity index (χ1) is 15.5. The van der Waals surface area contributed by atoms with Crippen LogP contribution >= 0.6 is 11.6 Å². The molecular weight excluding hydrogens is 426 g/mol. The van der Waals surface area contributed by atoms with Crippen LogP contribution < -0.4 is 0 Å². The molecule has 0 aliphatic carbocycles. The van der Waals surface area contributed by atoms with Crippen molar-refractivity contribution in [1.82, 2.24) is 24.9 Å². The minimum absolute atomic E-state index is 0.0765. The van der Waals surface area contributed by atoms with Gasteiger partial charge in [0.2, 0.25) is 11.7 Å². The first-order valence-corrected chi connectivity index (χ1v) is 11.0. The van der Waals surface area contributed by atoms with Gasteiger partial charge in [-0.2, -0.15) is 4.98 Å². The number of piperazine rings is 1. The Hall–Kier alpha value is -3.16. The summed E-state index contributed by atoms with van der Waals surface area (Å²) in [6, 6.07) is 13.2. The van der Waals surface area contributed by atoms with E-state index in [1.165, 1.54) is 5.56 Å². The molecule has 0 spiro atoms. The van der Waals surface area contributed by atoms with Crippen LogP contribution in [0.1, 0.15) is 27.5 Å². The molecule has 2 aromatic carbocycles. The maximum atomic E-state index is 13.1. The van der Waals surface area contributed by atoms with Gasteiger partial charge in [-0.15, -0.1) is 0 Å². The van der Waals surface area contributed by atoms with Crippen LogP contribution in [0.5, 0.6) is 0 Å². The molecule has 32 heavy (non-hydrogen) atoms. The second-order valence-electron chi connectivity index (χ2n) is 8.22. The molecule has 1 N–H and O–H groups in total. The summed E-state index contributed by atoms with van der Waals surface area (Å²) >= 11 is 5.94. The monoisotopic (exact) mass is 449 g/mol. The SMILES string of the molecule is Cc1[nH]c2ccc(C(=O)N3CCN(Cc4nc(-c5ccc(Cl)cc5)no4)CC3)cc2c1C. The van der Waals surface area contributed by atoms with Crippen molar-refractivity contribution >= 4 is 28.4 Å². The van der Waals surface area contributed by atoms with E-state index in [0.717, 1.165) is 40.8 Å². The van der Waals surface area contributed by atoms with E-state index in [-0.39, 0.29) is 5.91 Å². The summed E-state index contributed by atoms with van der Waals surface area (Å²) in [7, 11) is 0. The lowest BCUT2D eigenvalue weighted by Gasteiger charge is -2.34. The predicted molar refractivity (Wildman–Crippen MR) is 124 cm³/mol. The highest BCUT2D eigenvalue weighted by Crippen LogP contribution is 2.24. The second-order valence-corrected chi connectivity index (χ2v) is 8.66. The fourth-order valence-electron chi connectivity index (χ4n) is 4.11. The van der Waals surface area contributed by atoms with E-state index in [2.05, 4.69) is 33.9 Å². The summed E-state index contributed by atoms with van der Waals surface area (Å²) in [6.07, 6.45) is 0. The van der Waals surface area contributed by atoms with Gasteiger partial charge in [-0.3, -0.25) is 9.69 Å². The van der Waals surface area contributed by atoms with Gasteiger partial charge in [0.1, 0.15) is 0 Å². The van der Waals surface area contributed by atoms with Crippen molar-refractivity contribution in [2.24, 2.45) is 0 Å². The molecule has 2 aromatic heterocycles. The lowest BCUT2D eigenvalue weighted by molar-refractivity contribution is 0.0615. The number of benzene rings is 2. The molecule has 8 heteroatoms. The van der Waals surface area contributed by atoms with Crippen LogP contribution in [-0.2, 0) is 6.54 Å². The third-order valence-corrected chi connectivity index (χ3v) is 6.40. The molecule has 1 aliphatic heterocycles. The Morgan fingerprint density at radius 2 is 1.84 bits per heavy atom. The van der Waals surface area contributed by atoms with Crippen LogP contribution in [-0.4, -0.2) is 57.0 Å². The topological polar surface area (TPSA) is 78.3 Å². The van der Waals surface area contributed by atoms with Crippen LogP contribution in [0.15, 0.2) is 47.0 Å². The Labute approximate surface area is 191 Å². The lowest BCUT2D eigenvalue weighted by Crippen LogP contribution is -2.48. The molecule has 1 aliphatic rings. The molecule has 1 amide bonds. The van der Waals surface area contributed by atoms with E-state index >= 15 is 0 Å². The van der Waals surface area contributed by atoms with Gasteiger partial charge in [0.25, 0.3) is 5.91 Å². The summed E-state index contributed by atoms with van der Waals surface area (Å²) in [5.41, 5.74) is 5.00. The number of H-pyrrole nitrogens is 1. The Morgan fingerprint density at radius 3 is 2.59 bits per heavy atom. The molecule has 5 rings (SSSR count). The van der Waals surface area contributed by atoms with Gasteiger partial charge in [-0.25, -0.2) is 0 Å². The number of hydrogen-bond acceptors (Lipinski definition) is 5. The summed E-state index contributed by atoms with van der Waals surface area (Å²) < 4.78 is 5.43. The molecular formula is C24H24ClN5O2. The average Bonchev–Trinajstić information content (AvgIpc) is 3.38. The smallest absolute Gasteiger partial charge is 0.253 e. The number of carbonyl (C=O) groups is 1. The highest BCUT2D eigenvalue weighted by atomic mass is 35.5. The van der Waals surface area contributed by atoms with Crippen LogP contribution in [0.2, 0.25) is 5.02 Å². The summed E-state index contributed by atoms with van der Waals surface area (Å²) in [6.45, 7) is 7.55. The van der Waals surface area contributed by atoms with E-state index < -0.39 is 0 Å². The Balaban J connectivity index is 1.20. The Kier molecular flexibility index (Phi) is 5.45. The van der Waals surface area contributed by atoms with Crippen LogP contribution in [0.25, 0.3) is 22.3 Å². The van der Waals surface area contributed by atoms with Gasteiger partial charge < -0.3 is 14.4 Å². The van der Waals surface area contributed by atoms with Gasteiger partial charge in [0, 0.05) is 58.9 Å². The number of amides is 1. The van der Waals surface area contributed by atoms with E-state index in [4.69, 9.17) is 16.1 Å². The van der Waals surface area contributed by atoms with Crippen molar-refractivity contribution in [1.29, 1.82) is 0 Å². The fourth-order valence-corrected chi connectivity index (χ4v) is 4.24. The highest BCUT2D eigenvalue weighted by molar-refractivity contribution is 6.30. The number of rotatable bonds is 4. The second kappa shape index (κ2) is 8.41. The molecule has 164 valence electrons. The maximum absolute atomic E-state index is 13.1. The molecule has 4 aromatic rings. The largest absolute Gasteiger partial charge is 0.358 e. The number of hydrogen-bond donors (Lipinski definition) is 1. The maximum Gasteiger partial charge on any atom is 0.253 e. The van der Waals surface area contributed by atoms with Crippen molar-refractivity contribution in [3.05, 3.63) is 70.2 Å². The number of aromatic amines is 1. The summed E-state index contributed by atoms with van der Waals surface area (Å²) in [5.74, 6) is 1.20. The minimum Gasteiger partial charge on any atom is -0.358 e. The molecule has 3 heterocycles. The molecule has 0 unspecified atom stereocenters. The number of nitrogens with zero attached hydrogens (tertiary/aromatic N) is 4. The average molecular weight is 450 g/mol. The van der Waals surface area contributed by atoms with Gasteiger partial charge in [-0.05, 0) is 61.9 Å². The first kappa shape index (κ1) is 20.7. The summed E-state index contributed by atoms with van der Waals surface area (Å²) in [4.78, 5) is 25.1. The highest BCUT2D eigenvalue weighted by Gasteiger charge is 2.24. The van der Waals surface area contributed by atoms with E-state index in [9.17, 15) is 4.79 Å². The van der Waals surface area contributed by atoms with E-state index in [0.29, 0.717) is 36.4 Å². The van der Waals surface area contributed by atoms with Gasteiger partial charge >= 0.3 is 0 Å². The molecule has 1 fully saturated rings. The van der Waals surface area contributed by atoms with Gasteiger partial charge in [0.05, 0.1) is 6.54 Å². The molecule has 0 atom stereocenters. The van der Waals surface area contributed by atoms with Gasteiger partial charge in [-0.1, -0.05) is 16.8 Å². The zero-order chi connectivity index (χ0) is 22.2. The zero-order valence-corrected chi connectivity index (χ0v) is 18.8. The number of aryl methyl sites for hydroxylation is 2. The Bertz CT molecular complexity index is 1270. The molecule has 1 saturated heterocycles. The van der Waals surface area contributed by atoms with Gasteiger partial charge in [0.15, 0.2) is 0 Å². The van der Waals surface area contributed by atoms with Crippen LogP contribution in [0, 0.1) is 13.8 Å². The normalized spacial score (nSPS) is 14.9. The minimum atomic E-state index is 0.0765. The fraction of sp³-hybridized carbons (Fsp3) is 0.292. The number of fused-ring (bicyclic) bond motifs is 1. The van der Waals surface area contributed by atoms with Crippen molar-refractivity contribution in [3.63, 3.8) is 0 Å². The predicted octanol–water partition coefficient (Wildman–Crippen LogP) is 4.45. The zero-order valence-electron chi connectivity index (χ0n) is 18.1. The van der Waals surface area contributed by atoms with Crippen molar-refractivity contribution in [2.45, 2.75) is 20.4 Å². The number of halogens is 1. The van der Waals surface area contributed by atoms with Crippen LogP contribution in [0.4, 0.5) is 0 Å². The lowest BCUT2D eigenvalue weighted by atomic mass is 10.1. The number of carbonyl (C=O) groups excluding carboxylic acids is 1. The number of nitrogens with one attached hydrogen (secondary N) is 1. The van der Waals surface area contributed by atoms with E-state index in [1.54, 1.807) is 12.1 Å². The third-order valence-electron chi connectivity index (χ3n) is 6.14. The van der Waals surface area contributed by atoms with Crippen LogP contribution in [0.3, 0.4) is 0 Å². The number of aromatic nitrogens is 3. The molecule has 0 radical (unpaired) electrons. The molecule has 0 bridgehead atoms.